The number of hydrogen-bond acceptors (Lipinski definition) is 4. The number of hydrogen-bond donors (Lipinski definition) is 1. The van der Waals surface area contributed by atoms with E-state index < -0.39 is 10.0 Å². The van der Waals surface area contributed by atoms with Crippen LogP contribution in [-0.4, -0.2) is 43.9 Å². The number of fused-ring (bicyclic) bond motifs is 1. The molecule has 3 rings (SSSR count). The first kappa shape index (κ1) is 20.4. The largest absolute Gasteiger partial charge is 0.316 e. The standard InChI is InChI=1S/C14H16ClN3O2S.2ClH/c1-16-11-5-6-18(9-11)21(19,20)13-4-2-3-10-7-17-8-12(15)14(10)13;;/h2-4,7-8,11,16H,5-6,9H2,1H3;2*1H/t11-;;/m0../s1. The van der Waals surface area contributed by atoms with Crippen LogP contribution in [0.25, 0.3) is 10.8 Å². The number of pyridine rings is 1. The van der Waals surface area contributed by atoms with E-state index in [2.05, 4.69) is 10.3 Å². The second-order valence-corrected chi connectivity index (χ2v) is 7.43. The minimum Gasteiger partial charge on any atom is -0.316 e. The number of nitrogens with one attached hydrogen (secondary N) is 1. The molecular formula is C14H18Cl3N3O2S. The fourth-order valence-electron chi connectivity index (χ4n) is 2.70. The Morgan fingerprint density at radius 2 is 2.04 bits per heavy atom. The predicted octanol–water partition coefficient (Wildman–Crippen LogP) is 2.71. The first-order valence-corrected chi connectivity index (χ1v) is 8.55. The second-order valence-electron chi connectivity index (χ2n) is 5.11. The van der Waals surface area contributed by atoms with Gasteiger partial charge in [-0.3, -0.25) is 4.98 Å². The summed E-state index contributed by atoms with van der Waals surface area (Å²) in [6, 6.07) is 5.34. The molecule has 128 valence electrons. The first-order valence-electron chi connectivity index (χ1n) is 6.73. The molecule has 0 saturated carbocycles. The zero-order valence-electron chi connectivity index (χ0n) is 12.4. The number of sulfonamides is 1. The molecule has 5 nitrogen and oxygen atoms in total. The number of nitrogens with zero attached hydrogens (tertiary/aromatic N) is 2. The minimum atomic E-state index is -3.55. The van der Waals surface area contributed by atoms with Crippen molar-refractivity contribution in [3.05, 3.63) is 35.6 Å². The molecular weight excluding hydrogens is 381 g/mol. The van der Waals surface area contributed by atoms with Crippen LogP contribution in [0.1, 0.15) is 6.42 Å². The third-order valence-corrected chi connectivity index (χ3v) is 6.07. The average Bonchev–Trinajstić information content (AvgIpc) is 2.97. The number of aromatic nitrogens is 1. The smallest absolute Gasteiger partial charge is 0.243 e. The van der Waals surface area contributed by atoms with Crippen LogP contribution in [0, 0.1) is 0 Å². The summed E-state index contributed by atoms with van der Waals surface area (Å²) >= 11 is 6.17. The van der Waals surface area contributed by atoms with Crippen molar-refractivity contribution in [2.45, 2.75) is 17.4 Å². The Balaban J connectivity index is 0.00000132. The van der Waals surface area contributed by atoms with Crippen LogP contribution in [0.5, 0.6) is 0 Å². The molecule has 1 aliphatic rings. The Morgan fingerprint density at radius 3 is 2.70 bits per heavy atom. The fourth-order valence-corrected chi connectivity index (χ4v) is 4.75. The highest BCUT2D eigenvalue weighted by Gasteiger charge is 2.33. The van der Waals surface area contributed by atoms with E-state index >= 15 is 0 Å². The van der Waals surface area contributed by atoms with Crippen LogP contribution >= 0.6 is 36.4 Å². The van der Waals surface area contributed by atoms with Gasteiger partial charge in [-0.2, -0.15) is 4.31 Å². The van der Waals surface area contributed by atoms with Gasteiger partial charge in [0, 0.05) is 42.3 Å². The maximum Gasteiger partial charge on any atom is 0.243 e. The van der Waals surface area contributed by atoms with Gasteiger partial charge in [-0.15, -0.1) is 24.8 Å². The zero-order chi connectivity index (χ0) is 15.0. The van der Waals surface area contributed by atoms with Crippen molar-refractivity contribution in [1.29, 1.82) is 0 Å². The van der Waals surface area contributed by atoms with Crippen molar-refractivity contribution in [2.75, 3.05) is 20.1 Å². The summed E-state index contributed by atoms with van der Waals surface area (Å²) in [5.41, 5.74) is 0. The van der Waals surface area contributed by atoms with Crippen LogP contribution in [0.4, 0.5) is 0 Å². The Labute approximate surface area is 153 Å². The van der Waals surface area contributed by atoms with Crippen LogP contribution in [0.15, 0.2) is 35.5 Å². The normalized spacial score (nSPS) is 18.4. The van der Waals surface area contributed by atoms with Gasteiger partial charge in [0.25, 0.3) is 0 Å². The lowest BCUT2D eigenvalue weighted by atomic mass is 10.2. The maximum atomic E-state index is 12.9. The van der Waals surface area contributed by atoms with Crippen molar-refractivity contribution in [2.24, 2.45) is 0 Å². The van der Waals surface area contributed by atoms with Crippen LogP contribution in [-0.2, 0) is 10.0 Å². The van der Waals surface area contributed by atoms with Gasteiger partial charge in [-0.1, -0.05) is 23.7 Å². The predicted molar refractivity (Wildman–Crippen MR) is 97.5 cm³/mol. The van der Waals surface area contributed by atoms with Crippen LogP contribution in [0.3, 0.4) is 0 Å². The number of rotatable bonds is 3. The van der Waals surface area contributed by atoms with Gasteiger partial charge in [-0.25, -0.2) is 8.42 Å². The van der Waals surface area contributed by atoms with E-state index in [0.717, 1.165) is 11.8 Å². The molecule has 1 fully saturated rings. The molecule has 2 aromatic rings. The Morgan fingerprint density at radius 1 is 1.30 bits per heavy atom. The van der Waals surface area contributed by atoms with Gasteiger partial charge < -0.3 is 5.32 Å². The van der Waals surface area contributed by atoms with Crippen molar-refractivity contribution >= 4 is 57.2 Å². The molecule has 0 bridgehead atoms. The molecule has 1 N–H and O–H groups in total. The van der Waals surface area contributed by atoms with Gasteiger partial charge in [0.2, 0.25) is 10.0 Å². The van der Waals surface area contributed by atoms with Crippen molar-refractivity contribution < 1.29 is 8.42 Å². The third-order valence-electron chi connectivity index (χ3n) is 3.88. The molecule has 1 atom stereocenters. The van der Waals surface area contributed by atoms with Gasteiger partial charge >= 0.3 is 0 Å². The molecule has 1 aliphatic heterocycles. The molecule has 0 aliphatic carbocycles. The molecule has 0 amide bonds. The SMILES string of the molecule is CN[C@H]1CCN(S(=O)(=O)c2cccc3cncc(Cl)c23)C1.Cl.Cl. The van der Waals surface area contributed by atoms with Crippen LogP contribution < -0.4 is 5.32 Å². The van der Waals surface area contributed by atoms with Crippen molar-refractivity contribution in [3.63, 3.8) is 0 Å². The summed E-state index contributed by atoms with van der Waals surface area (Å²) in [4.78, 5) is 4.26. The van der Waals surface area contributed by atoms with E-state index in [1.165, 1.54) is 10.5 Å². The van der Waals surface area contributed by atoms with Gasteiger partial charge in [0.1, 0.15) is 0 Å². The fraction of sp³-hybridized carbons (Fsp3) is 0.357. The lowest BCUT2D eigenvalue weighted by molar-refractivity contribution is 0.465. The van der Waals surface area contributed by atoms with E-state index in [4.69, 9.17) is 11.6 Å². The van der Waals surface area contributed by atoms with Crippen LogP contribution in [0.2, 0.25) is 5.02 Å². The molecule has 2 heterocycles. The Bertz CT molecular complexity index is 781. The van der Waals surface area contributed by atoms with Gasteiger partial charge in [-0.05, 0) is 19.5 Å². The third kappa shape index (κ3) is 3.73. The highest BCUT2D eigenvalue weighted by Crippen LogP contribution is 2.31. The summed E-state index contributed by atoms with van der Waals surface area (Å²) in [7, 11) is -1.70. The molecule has 1 aromatic carbocycles. The quantitative estimate of drug-likeness (QED) is 0.863. The lowest BCUT2D eigenvalue weighted by Crippen LogP contribution is -2.33. The molecule has 0 radical (unpaired) electrons. The minimum absolute atomic E-state index is 0. The zero-order valence-corrected chi connectivity index (χ0v) is 15.6. The number of likely N-dealkylation sites (N-methyl/N-ethyl adjacent to an activating group) is 1. The van der Waals surface area contributed by atoms with E-state index in [9.17, 15) is 8.42 Å². The number of halogens is 3. The van der Waals surface area contributed by atoms with Crippen molar-refractivity contribution in [1.82, 2.24) is 14.6 Å². The molecule has 0 spiro atoms. The highest BCUT2D eigenvalue weighted by atomic mass is 35.5. The number of benzene rings is 1. The van der Waals surface area contributed by atoms with Crippen molar-refractivity contribution in [3.8, 4) is 0 Å². The highest BCUT2D eigenvalue weighted by molar-refractivity contribution is 7.89. The average molecular weight is 399 g/mol. The topological polar surface area (TPSA) is 62.3 Å². The molecule has 1 aromatic heterocycles. The summed E-state index contributed by atoms with van der Waals surface area (Å²) in [6.45, 7) is 1.00. The molecule has 0 unspecified atom stereocenters. The molecule has 1 saturated heterocycles. The summed E-state index contributed by atoms with van der Waals surface area (Å²) < 4.78 is 27.3. The summed E-state index contributed by atoms with van der Waals surface area (Å²) in [5.74, 6) is 0. The molecule has 23 heavy (non-hydrogen) atoms. The van der Waals surface area contributed by atoms with E-state index in [-0.39, 0.29) is 35.8 Å². The van der Waals surface area contributed by atoms with Gasteiger partial charge in [0.15, 0.2) is 0 Å². The Hall–Kier alpha value is -0.630. The van der Waals surface area contributed by atoms with E-state index in [1.807, 2.05) is 13.1 Å². The second kappa shape index (κ2) is 7.96. The lowest BCUT2D eigenvalue weighted by Gasteiger charge is -2.18. The maximum absolute atomic E-state index is 12.9. The molecule has 9 heteroatoms. The monoisotopic (exact) mass is 397 g/mol. The summed E-state index contributed by atoms with van der Waals surface area (Å²) in [6.07, 6.45) is 3.92. The van der Waals surface area contributed by atoms with E-state index in [0.29, 0.717) is 23.5 Å². The van der Waals surface area contributed by atoms with Gasteiger partial charge in [0.05, 0.1) is 9.92 Å². The Kier molecular flexibility index (Phi) is 7.07. The van der Waals surface area contributed by atoms with E-state index in [1.54, 1.807) is 18.3 Å². The first-order chi connectivity index (χ1) is 10.0. The summed E-state index contributed by atoms with van der Waals surface area (Å²) in [5, 5.41) is 4.75.